The number of esters is 1. The molecule has 102 valence electrons. The molecular weight excluding hydrogens is 238 g/mol. The lowest BCUT2D eigenvalue weighted by Crippen LogP contribution is -2.41. The number of carbonyl (C=O) groups excluding carboxylic acids is 1. The van der Waals surface area contributed by atoms with E-state index in [4.69, 9.17) is 0 Å². The maximum Gasteiger partial charge on any atom is 0.331 e. The van der Waals surface area contributed by atoms with Gasteiger partial charge in [0.05, 0.1) is 18.2 Å². The zero-order chi connectivity index (χ0) is 14.3. The monoisotopic (exact) mass is 259 g/mol. The van der Waals surface area contributed by atoms with Gasteiger partial charge < -0.3 is 9.64 Å². The number of benzene rings is 1. The highest BCUT2D eigenvalue weighted by Gasteiger charge is 2.46. The Morgan fingerprint density at radius 2 is 1.58 bits per heavy atom. The second-order valence-corrected chi connectivity index (χ2v) is 5.87. The molecule has 3 heteroatoms. The van der Waals surface area contributed by atoms with E-state index in [-0.39, 0.29) is 17.0 Å². The first-order chi connectivity index (χ1) is 8.81. The van der Waals surface area contributed by atoms with Crippen LogP contribution in [0.15, 0.2) is 36.5 Å². The van der Waals surface area contributed by atoms with Crippen LogP contribution in [0.1, 0.15) is 38.8 Å². The summed E-state index contributed by atoms with van der Waals surface area (Å²) in [6.07, 6.45) is 3.32. The number of nitrogens with zero attached hydrogens (tertiary/aromatic N) is 1. The molecule has 1 aliphatic rings. The lowest BCUT2D eigenvalue weighted by Gasteiger charge is -2.40. The second kappa shape index (κ2) is 4.41. The van der Waals surface area contributed by atoms with E-state index in [9.17, 15) is 4.79 Å². The highest BCUT2D eigenvalue weighted by atomic mass is 16.5. The summed E-state index contributed by atoms with van der Waals surface area (Å²) in [6, 6.07) is 8.43. The number of carbonyl (C=O) groups is 1. The van der Waals surface area contributed by atoms with E-state index in [0.29, 0.717) is 0 Å². The molecule has 0 radical (unpaired) electrons. The SMILES string of the molecule is COC(=O)/C=C/N1C(C)(C)c2ccccc2C1(C)C. The average molecular weight is 259 g/mol. The summed E-state index contributed by atoms with van der Waals surface area (Å²) in [5, 5.41) is 0. The Balaban J connectivity index is 2.47. The molecule has 3 nitrogen and oxygen atoms in total. The predicted octanol–water partition coefficient (Wildman–Crippen LogP) is 3.16. The van der Waals surface area contributed by atoms with Crippen LogP contribution in [-0.2, 0) is 20.6 Å². The highest BCUT2D eigenvalue weighted by molar-refractivity contribution is 5.81. The summed E-state index contributed by atoms with van der Waals surface area (Å²) in [7, 11) is 1.39. The van der Waals surface area contributed by atoms with Gasteiger partial charge in [-0.1, -0.05) is 24.3 Å². The van der Waals surface area contributed by atoms with Crippen molar-refractivity contribution in [2.24, 2.45) is 0 Å². The maximum atomic E-state index is 11.3. The van der Waals surface area contributed by atoms with Crippen LogP contribution in [0.25, 0.3) is 0 Å². The molecule has 0 saturated heterocycles. The van der Waals surface area contributed by atoms with Crippen LogP contribution in [0.3, 0.4) is 0 Å². The van der Waals surface area contributed by atoms with Crippen molar-refractivity contribution in [1.82, 2.24) is 4.90 Å². The van der Waals surface area contributed by atoms with Crippen LogP contribution >= 0.6 is 0 Å². The molecule has 1 aliphatic heterocycles. The number of fused-ring (bicyclic) bond motifs is 1. The molecule has 1 aromatic carbocycles. The summed E-state index contributed by atoms with van der Waals surface area (Å²) >= 11 is 0. The van der Waals surface area contributed by atoms with Crippen LogP contribution in [0.2, 0.25) is 0 Å². The first kappa shape index (κ1) is 13.7. The molecular formula is C16H21NO2. The van der Waals surface area contributed by atoms with E-state index in [1.165, 1.54) is 24.3 Å². The molecule has 0 unspecified atom stereocenters. The summed E-state index contributed by atoms with van der Waals surface area (Å²) < 4.78 is 4.67. The van der Waals surface area contributed by atoms with E-state index in [1.807, 2.05) is 6.20 Å². The summed E-state index contributed by atoms with van der Waals surface area (Å²) in [4.78, 5) is 13.5. The Morgan fingerprint density at radius 1 is 1.11 bits per heavy atom. The molecule has 0 aliphatic carbocycles. The van der Waals surface area contributed by atoms with Crippen LogP contribution < -0.4 is 0 Å². The minimum atomic E-state index is -0.331. The first-order valence-electron chi connectivity index (χ1n) is 6.47. The van der Waals surface area contributed by atoms with E-state index in [0.717, 1.165) is 0 Å². The number of methoxy groups -OCH3 is 1. The van der Waals surface area contributed by atoms with E-state index in [2.05, 4.69) is 61.6 Å². The smallest absolute Gasteiger partial charge is 0.331 e. The number of rotatable bonds is 2. The molecule has 0 fully saturated rings. The fourth-order valence-corrected chi connectivity index (χ4v) is 3.08. The Kier molecular flexibility index (Phi) is 3.17. The van der Waals surface area contributed by atoms with Crippen molar-refractivity contribution in [2.45, 2.75) is 38.8 Å². The van der Waals surface area contributed by atoms with Gasteiger partial charge in [0.15, 0.2) is 0 Å². The van der Waals surface area contributed by atoms with Crippen LogP contribution in [0, 0.1) is 0 Å². The standard InChI is InChI=1S/C16H21NO2/c1-15(2)12-8-6-7-9-13(12)16(3,4)17(15)11-10-14(18)19-5/h6-11H,1-5H3/b11-10+. The molecule has 0 saturated carbocycles. The number of hydrogen-bond acceptors (Lipinski definition) is 3. The fraction of sp³-hybridized carbons (Fsp3) is 0.438. The van der Waals surface area contributed by atoms with Gasteiger partial charge in [-0.2, -0.15) is 0 Å². The van der Waals surface area contributed by atoms with Crippen LogP contribution in [-0.4, -0.2) is 18.0 Å². The normalized spacial score (nSPS) is 19.5. The van der Waals surface area contributed by atoms with E-state index >= 15 is 0 Å². The molecule has 0 bridgehead atoms. The third-order valence-electron chi connectivity index (χ3n) is 4.01. The quantitative estimate of drug-likeness (QED) is 0.603. The van der Waals surface area contributed by atoms with Crippen molar-refractivity contribution in [2.75, 3.05) is 7.11 Å². The maximum absolute atomic E-state index is 11.3. The molecule has 0 amide bonds. The van der Waals surface area contributed by atoms with Crippen molar-refractivity contribution in [3.8, 4) is 0 Å². The highest BCUT2D eigenvalue weighted by Crippen LogP contribution is 2.49. The third-order valence-corrected chi connectivity index (χ3v) is 4.01. The minimum Gasteiger partial charge on any atom is -0.466 e. The fourth-order valence-electron chi connectivity index (χ4n) is 3.08. The Labute approximate surface area is 114 Å². The van der Waals surface area contributed by atoms with E-state index in [1.54, 1.807) is 0 Å². The lowest BCUT2D eigenvalue weighted by molar-refractivity contribution is -0.134. The number of ether oxygens (including phenoxy) is 1. The zero-order valence-corrected chi connectivity index (χ0v) is 12.2. The minimum absolute atomic E-state index is 0.148. The largest absolute Gasteiger partial charge is 0.466 e. The van der Waals surface area contributed by atoms with Gasteiger partial charge in [-0.05, 0) is 38.8 Å². The Bertz CT molecular complexity index is 494. The zero-order valence-electron chi connectivity index (χ0n) is 12.2. The van der Waals surface area contributed by atoms with Crippen LogP contribution in [0.4, 0.5) is 0 Å². The first-order valence-corrected chi connectivity index (χ1v) is 6.47. The van der Waals surface area contributed by atoms with Gasteiger partial charge in [0, 0.05) is 12.3 Å². The van der Waals surface area contributed by atoms with Crippen molar-refractivity contribution in [1.29, 1.82) is 0 Å². The van der Waals surface area contributed by atoms with Gasteiger partial charge in [-0.3, -0.25) is 0 Å². The van der Waals surface area contributed by atoms with Crippen LogP contribution in [0.5, 0.6) is 0 Å². The van der Waals surface area contributed by atoms with Crippen molar-refractivity contribution in [3.05, 3.63) is 47.7 Å². The molecule has 1 aromatic rings. The molecule has 2 rings (SSSR count). The Morgan fingerprint density at radius 3 is 2.00 bits per heavy atom. The van der Waals surface area contributed by atoms with Gasteiger partial charge >= 0.3 is 5.97 Å². The van der Waals surface area contributed by atoms with Gasteiger partial charge in [0.1, 0.15) is 0 Å². The van der Waals surface area contributed by atoms with Gasteiger partial charge in [0.25, 0.3) is 0 Å². The molecule has 0 atom stereocenters. The second-order valence-electron chi connectivity index (χ2n) is 5.87. The van der Waals surface area contributed by atoms with Gasteiger partial charge in [-0.25, -0.2) is 4.79 Å². The summed E-state index contributed by atoms with van der Waals surface area (Å²) in [6.45, 7) is 8.68. The van der Waals surface area contributed by atoms with Crippen molar-refractivity contribution in [3.63, 3.8) is 0 Å². The van der Waals surface area contributed by atoms with Crippen molar-refractivity contribution < 1.29 is 9.53 Å². The topological polar surface area (TPSA) is 29.5 Å². The lowest BCUT2D eigenvalue weighted by atomic mass is 9.91. The van der Waals surface area contributed by atoms with Gasteiger partial charge in [0.2, 0.25) is 0 Å². The van der Waals surface area contributed by atoms with Crippen molar-refractivity contribution >= 4 is 5.97 Å². The van der Waals surface area contributed by atoms with Gasteiger partial charge in [-0.15, -0.1) is 0 Å². The molecule has 0 N–H and O–H groups in total. The average Bonchev–Trinajstić information content (AvgIpc) is 2.52. The summed E-state index contributed by atoms with van der Waals surface area (Å²) in [5.41, 5.74) is 2.30. The third kappa shape index (κ3) is 2.03. The predicted molar refractivity (Wildman–Crippen MR) is 75.5 cm³/mol. The van der Waals surface area contributed by atoms with E-state index < -0.39 is 0 Å². The Hall–Kier alpha value is -1.77. The number of hydrogen-bond donors (Lipinski definition) is 0. The molecule has 19 heavy (non-hydrogen) atoms. The summed E-state index contributed by atoms with van der Waals surface area (Å²) in [5.74, 6) is -0.331. The molecule has 0 aromatic heterocycles. The molecule has 0 spiro atoms. The molecule has 1 heterocycles.